The van der Waals surface area contributed by atoms with Crippen LogP contribution in [-0.4, -0.2) is 40.1 Å². The third kappa shape index (κ3) is 3.59. The second-order valence-corrected chi connectivity index (χ2v) is 7.10. The topological polar surface area (TPSA) is 104 Å². The molecule has 2 heterocycles. The van der Waals surface area contributed by atoms with Gasteiger partial charge in [-0.05, 0) is 37.3 Å². The van der Waals surface area contributed by atoms with Gasteiger partial charge in [-0.15, -0.1) is 5.10 Å². The second-order valence-electron chi connectivity index (χ2n) is 5.87. The first-order valence-electron chi connectivity index (χ1n) is 8.67. The van der Waals surface area contributed by atoms with E-state index < -0.39 is 11.9 Å². The number of fused-ring (bicyclic) bond motifs is 1. The maximum absolute atomic E-state index is 12.2. The summed E-state index contributed by atoms with van der Waals surface area (Å²) in [6.07, 6.45) is 0. The van der Waals surface area contributed by atoms with Crippen LogP contribution in [0.2, 0.25) is 0 Å². The quantitative estimate of drug-likeness (QED) is 0.701. The van der Waals surface area contributed by atoms with Gasteiger partial charge >= 0.3 is 0 Å². The molecule has 27 heavy (non-hydrogen) atoms. The monoisotopic (exact) mass is 389 g/mol. The fourth-order valence-electron chi connectivity index (χ4n) is 3.08. The summed E-state index contributed by atoms with van der Waals surface area (Å²) in [4.78, 5) is 16.7. The largest absolute Gasteiger partial charge is 0.493 e. The van der Waals surface area contributed by atoms with E-state index >= 15 is 0 Å². The predicted octanol–water partition coefficient (Wildman–Crippen LogP) is 2.57. The Labute approximate surface area is 162 Å². The Balaban J connectivity index is 2.16. The summed E-state index contributed by atoms with van der Waals surface area (Å²) in [5.74, 6) is 2.14. The van der Waals surface area contributed by atoms with Crippen molar-refractivity contribution in [2.24, 2.45) is 5.73 Å². The van der Waals surface area contributed by atoms with Gasteiger partial charge in [0.1, 0.15) is 6.04 Å². The summed E-state index contributed by atoms with van der Waals surface area (Å²) in [5.41, 5.74) is 7.61. The molecule has 1 aromatic carbocycles. The van der Waals surface area contributed by atoms with E-state index in [2.05, 4.69) is 15.4 Å². The summed E-state index contributed by atoms with van der Waals surface area (Å²) < 4.78 is 12.8. The number of hydrogen-bond donors (Lipinski definition) is 2. The van der Waals surface area contributed by atoms with Gasteiger partial charge in [-0.3, -0.25) is 4.79 Å². The number of carbonyl (C=O) groups is 1. The number of carbonyl (C=O) groups excluding carboxylic acids is 1. The van der Waals surface area contributed by atoms with Crippen LogP contribution in [0.1, 0.15) is 32.4 Å². The number of ether oxygens (including phenoxy) is 2. The Morgan fingerprint density at radius 3 is 2.78 bits per heavy atom. The van der Waals surface area contributed by atoms with Crippen LogP contribution >= 0.6 is 11.8 Å². The van der Waals surface area contributed by atoms with Gasteiger partial charge in [-0.1, -0.05) is 24.8 Å². The Morgan fingerprint density at radius 2 is 2.15 bits per heavy atom. The highest BCUT2D eigenvalue weighted by Gasteiger charge is 2.33. The Bertz CT molecular complexity index is 893. The number of benzene rings is 1. The van der Waals surface area contributed by atoms with E-state index in [9.17, 15) is 4.79 Å². The molecule has 1 aliphatic rings. The van der Waals surface area contributed by atoms with Crippen molar-refractivity contribution in [3.05, 3.63) is 35.0 Å². The third-order valence-corrected chi connectivity index (χ3v) is 4.90. The fourth-order valence-corrected chi connectivity index (χ4v) is 3.64. The maximum Gasteiger partial charge on any atom is 0.248 e. The van der Waals surface area contributed by atoms with Crippen LogP contribution in [0.15, 0.2) is 34.6 Å². The SMILES string of the molecule is CCOc1cc(C2C(C(N)=O)=C(C)Nc3nc(SCC)nn32)ccc1OC. The molecule has 1 aliphatic heterocycles. The van der Waals surface area contributed by atoms with Crippen LogP contribution < -0.4 is 20.5 Å². The number of anilines is 1. The number of nitrogens with two attached hydrogens (primary N) is 1. The molecule has 3 rings (SSSR count). The van der Waals surface area contributed by atoms with E-state index in [4.69, 9.17) is 15.2 Å². The van der Waals surface area contributed by atoms with Gasteiger partial charge in [0.05, 0.1) is 19.3 Å². The number of nitrogens with zero attached hydrogens (tertiary/aromatic N) is 3. The molecule has 0 spiro atoms. The maximum atomic E-state index is 12.2. The van der Waals surface area contributed by atoms with E-state index in [0.717, 1.165) is 11.3 Å². The summed E-state index contributed by atoms with van der Waals surface area (Å²) in [7, 11) is 1.59. The number of amides is 1. The number of allylic oxidation sites excluding steroid dienone is 1. The van der Waals surface area contributed by atoms with Gasteiger partial charge in [0.15, 0.2) is 11.5 Å². The highest BCUT2D eigenvalue weighted by atomic mass is 32.2. The molecule has 1 atom stereocenters. The molecule has 2 aromatic rings. The zero-order valence-corrected chi connectivity index (χ0v) is 16.6. The number of thioether (sulfide) groups is 1. The minimum Gasteiger partial charge on any atom is -0.493 e. The van der Waals surface area contributed by atoms with Crippen molar-refractivity contribution in [2.75, 3.05) is 24.8 Å². The zero-order valence-electron chi connectivity index (χ0n) is 15.8. The third-order valence-electron chi connectivity index (χ3n) is 4.18. The molecule has 1 unspecified atom stereocenters. The van der Waals surface area contributed by atoms with E-state index in [1.807, 2.05) is 39.0 Å². The smallest absolute Gasteiger partial charge is 0.248 e. The van der Waals surface area contributed by atoms with Gasteiger partial charge in [-0.25, -0.2) is 4.68 Å². The zero-order chi connectivity index (χ0) is 19.6. The Morgan fingerprint density at radius 1 is 1.37 bits per heavy atom. The molecule has 0 aliphatic carbocycles. The molecule has 0 radical (unpaired) electrons. The molecule has 0 bridgehead atoms. The summed E-state index contributed by atoms with van der Waals surface area (Å²) in [6.45, 7) is 6.24. The van der Waals surface area contributed by atoms with E-state index in [1.165, 1.54) is 11.8 Å². The van der Waals surface area contributed by atoms with Crippen molar-refractivity contribution in [1.82, 2.24) is 14.8 Å². The average Bonchev–Trinajstić information content (AvgIpc) is 3.02. The average molecular weight is 389 g/mol. The highest BCUT2D eigenvalue weighted by Crippen LogP contribution is 2.39. The molecule has 8 nitrogen and oxygen atoms in total. The second kappa shape index (κ2) is 7.91. The summed E-state index contributed by atoms with van der Waals surface area (Å²) in [5, 5.41) is 8.35. The van der Waals surface area contributed by atoms with Crippen molar-refractivity contribution in [3.8, 4) is 11.5 Å². The lowest BCUT2D eigenvalue weighted by molar-refractivity contribution is -0.115. The van der Waals surface area contributed by atoms with Crippen molar-refractivity contribution >= 4 is 23.6 Å². The van der Waals surface area contributed by atoms with E-state index in [-0.39, 0.29) is 0 Å². The first-order valence-corrected chi connectivity index (χ1v) is 9.66. The lowest BCUT2D eigenvalue weighted by Crippen LogP contribution is -2.31. The van der Waals surface area contributed by atoms with Crippen LogP contribution in [0.3, 0.4) is 0 Å². The molecule has 0 saturated carbocycles. The molecule has 0 fully saturated rings. The van der Waals surface area contributed by atoms with E-state index in [1.54, 1.807) is 11.8 Å². The summed E-state index contributed by atoms with van der Waals surface area (Å²) >= 11 is 1.53. The van der Waals surface area contributed by atoms with Gasteiger partial charge in [0, 0.05) is 5.70 Å². The molecule has 1 amide bonds. The Kier molecular flexibility index (Phi) is 5.59. The molecule has 9 heteroatoms. The molecule has 1 aromatic heterocycles. The number of aromatic nitrogens is 3. The van der Waals surface area contributed by atoms with Crippen molar-refractivity contribution in [1.29, 1.82) is 0 Å². The minimum absolute atomic E-state index is 0.438. The highest BCUT2D eigenvalue weighted by molar-refractivity contribution is 7.99. The van der Waals surface area contributed by atoms with Gasteiger partial charge in [-0.2, -0.15) is 4.98 Å². The van der Waals surface area contributed by atoms with Gasteiger partial charge in [0.25, 0.3) is 0 Å². The lowest BCUT2D eigenvalue weighted by atomic mass is 9.95. The molecular weight excluding hydrogens is 366 g/mol. The number of hydrogen-bond acceptors (Lipinski definition) is 7. The standard InChI is InChI=1S/C18H23N5O3S/c1-5-26-13-9-11(7-8-12(13)25-4)15-14(16(19)24)10(3)20-17-21-18(27-6-2)22-23(15)17/h7-9,15H,5-6H2,1-4H3,(H2,19,24)(H,20,21,22). The number of primary amides is 1. The van der Waals surface area contributed by atoms with Gasteiger partial charge in [0.2, 0.25) is 17.0 Å². The van der Waals surface area contributed by atoms with Crippen LogP contribution in [-0.2, 0) is 4.79 Å². The predicted molar refractivity (Wildman–Crippen MR) is 104 cm³/mol. The summed E-state index contributed by atoms with van der Waals surface area (Å²) in [6, 6.07) is 5.05. The molecule has 0 saturated heterocycles. The van der Waals surface area contributed by atoms with Crippen molar-refractivity contribution < 1.29 is 14.3 Å². The Hall–Kier alpha value is -2.68. The van der Waals surface area contributed by atoms with E-state index in [0.29, 0.717) is 40.5 Å². The van der Waals surface area contributed by atoms with Crippen LogP contribution in [0.25, 0.3) is 0 Å². The fraction of sp³-hybridized carbons (Fsp3) is 0.389. The lowest BCUT2D eigenvalue weighted by Gasteiger charge is -2.28. The number of nitrogens with one attached hydrogen (secondary N) is 1. The normalized spacial score (nSPS) is 15.9. The molecule has 144 valence electrons. The van der Waals surface area contributed by atoms with Crippen LogP contribution in [0, 0.1) is 0 Å². The van der Waals surface area contributed by atoms with Gasteiger partial charge < -0.3 is 20.5 Å². The minimum atomic E-state index is -0.510. The first-order chi connectivity index (χ1) is 13.0. The van der Waals surface area contributed by atoms with Crippen molar-refractivity contribution in [3.63, 3.8) is 0 Å². The molecule has 3 N–H and O–H groups in total. The first kappa shape index (κ1) is 19.1. The van der Waals surface area contributed by atoms with Crippen LogP contribution in [0.4, 0.5) is 5.95 Å². The number of rotatable bonds is 7. The van der Waals surface area contributed by atoms with Crippen LogP contribution in [0.5, 0.6) is 11.5 Å². The van der Waals surface area contributed by atoms with Crippen molar-refractivity contribution in [2.45, 2.75) is 32.0 Å². The molecular formula is C18H23N5O3S. The number of methoxy groups -OCH3 is 1.